The number of carbonyl (C=O) groups excluding carboxylic acids is 1. The van der Waals surface area contributed by atoms with Crippen molar-refractivity contribution >= 4 is 21.6 Å². The quantitative estimate of drug-likeness (QED) is 0.760. The first kappa shape index (κ1) is 20.9. The lowest BCUT2D eigenvalue weighted by Gasteiger charge is -2.18. The van der Waals surface area contributed by atoms with Gasteiger partial charge in [-0.05, 0) is 62.1 Å². The zero-order valence-electron chi connectivity index (χ0n) is 16.3. The van der Waals surface area contributed by atoms with Gasteiger partial charge in [-0.25, -0.2) is 8.42 Å². The number of carbonyl (C=O) groups is 1. The first-order valence-corrected chi connectivity index (χ1v) is 10.2. The van der Waals surface area contributed by atoms with Crippen molar-refractivity contribution < 1.29 is 17.9 Å². The second-order valence-corrected chi connectivity index (χ2v) is 8.14. The molecule has 0 saturated heterocycles. The molecule has 7 heteroatoms. The van der Waals surface area contributed by atoms with Crippen LogP contribution in [-0.4, -0.2) is 27.5 Å². The molecule has 0 aliphatic heterocycles. The van der Waals surface area contributed by atoms with Gasteiger partial charge in [0.05, 0.1) is 18.0 Å². The molecule has 0 heterocycles. The molecule has 0 spiro atoms. The van der Waals surface area contributed by atoms with Crippen LogP contribution in [-0.2, 0) is 21.2 Å². The van der Waals surface area contributed by atoms with Gasteiger partial charge in [-0.1, -0.05) is 25.1 Å². The summed E-state index contributed by atoms with van der Waals surface area (Å²) in [6.07, 6.45) is 0.766. The van der Waals surface area contributed by atoms with Crippen LogP contribution in [0.5, 0.6) is 5.75 Å². The van der Waals surface area contributed by atoms with E-state index in [-0.39, 0.29) is 4.90 Å². The highest BCUT2D eigenvalue weighted by molar-refractivity contribution is 7.89. The van der Waals surface area contributed by atoms with Gasteiger partial charge in [-0.3, -0.25) is 4.79 Å². The van der Waals surface area contributed by atoms with Gasteiger partial charge in [0.1, 0.15) is 5.75 Å². The van der Waals surface area contributed by atoms with Crippen LogP contribution in [0, 0.1) is 13.8 Å². The number of sulfonamides is 1. The average molecular weight is 391 g/mol. The second kappa shape index (κ2) is 8.54. The summed E-state index contributed by atoms with van der Waals surface area (Å²) in [7, 11) is -2.31. The molecular formula is C20H26N2O4S. The molecule has 2 aromatic rings. The Labute approximate surface area is 161 Å². The number of nitrogens with one attached hydrogen (secondary N) is 2. The maximum Gasteiger partial charge on any atom is 0.242 e. The Kier molecular flexibility index (Phi) is 6.62. The van der Waals surface area contributed by atoms with Gasteiger partial charge in [0.25, 0.3) is 0 Å². The second-order valence-electron chi connectivity index (χ2n) is 6.43. The molecule has 2 N–H and O–H groups in total. The first-order chi connectivity index (χ1) is 12.7. The molecule has 0 aromatic heterocycles. The molecule has 6 nitrogen and oxygen atoms in total. The molecular weight excluding hydrogens is 364 g/mol. The monoisotopic (exact) mass is 390 g/mol. The molecule has 146 valence electrons. The van der Waals surface area contributed by atoms with Crippen molar-refractivity contribution in [1.82, 2.24) is 4.72 Å². The van der Waals surface area contributed by atoms with Crippen molar-refractivity contribution in [3.05, 3.63) is 53.1 Å². The van der Waals surface area contributed by atoms with Gasteiger partial charge in [0.2, 0.25) is 15.9 Å². The summed E-state index contributed by atoms with van der Waals surface area (Å²) in [5, 5.41) is 2.85. The molecule has 0 aliphatic carbocycles. The van der Waals surface area contributed by atoms with Gasteiger partial charge in [0.15, 0.2) is 0 Å². The van der Waals surface area contributed by atoms with Crippen LogP contribution in [0.25, 0.3) is 0 Å². The summed E-state index contributed by atoms with van der Waals surface area (Å²) in [4.78, 5) is 12.6. The number of rotatable bonds is 7. The van der Waals surface area contributed by atoms with E-state index in [1.165, 1.54) is 26.2 Å². The summed E-state index contributed by atoms with van der Waals surface area (Å²) >= 11 is 0. The zero-order valence-corrected chi connectivity index (χ0v) is 17.1. The van der Waals surface area contributed by atoms with E-state index in [2.05, 4.69) is 10.0 Å². The number of methoxy groups -OCH3 is 1. The minimum Gasteiger partial charge on any atom is -0.496 e. The number of para-hydroxylation sites is 1. The van der Waals surface area contributed by atoms with Gasteiger partial charge >= 0.3 is 0 Å². The van der Waals surface area contributed by atoms with E-state index in [9.17, 15) is 13.2 Å². The SMILES string of the molecule is CCc1cccc(C)c1NC(=O)[C@H](C)NS(=O)(=O)c1ccc(OC)c(C)c1. The Morgan fingerprint density at radius 1 is 1.15 bits per heavy atom. The molecule has 1 amide bonds. The lowest BCUT2D eigenvalue weighted by atomic mass is 10.1. The number of amides is 1. The van der Waals surface area contributed by atoms with E-state index in [4.69, 9.17) is 4.74 Å². The van der Waals surface area contributed by atoms with Gasteiger partial charge < -0.3 is 10.1 Å². The maximum atomic E-state index is 12.6. The molecule has 0 saturated carbocycles. The molecule has 2 aromatic carbocycles. The number of ether oxygens (including phenoxy) is 1. The van der Waals surface area contributed by atoms with Crippen molar-refractivity contribution in [2.45, 2.75) is 45.1 Å². The lowest BCUT2D eigenvalue weighted by molar-refractivity contribution is -0.117. The molecule has 0 aliphatic rings. The normalized spacial score (nSPS) is 12.5. The number of benzene rings is 2. The van der Waals surface area contributed by atoms with Crippen molar-refractivity contribution in [3.63, 3.8) is 0 Å². The maximum absolute atomic E-state index is 12.6. The molecule has 0 fully saturated rings. The minimum atomic E-state index is -3.84. The van der Waals surface area contributed by atoms with Gasteiger partial charge in [-0.2, -0.15) is 4.72 Å². The molecule has 0 bridgehead atoms. The van der Waals surface area contributed by atoms with Crippen molar-refractivity contribution in [3.8, 4) is 5.75 Å². The Bertz CT molecular complexity index is 939. The zero-order chi connectivity index (χ0) is 20.2. The number of hydrogen-bond acceptors (Lipinski definition) is 4. The highest BCUT2D eigenvalue weighted by atomic mass is 32.2. The van der Waals surface area contributed by atoms with E-state index >= 15 is 0 Å². The van der Waals surface area contributed by atoms with E-state index in [1.807, 2.05) is 32.0 Å². The summed E-state index contributed by atoms with van der Waals surface area (Å²) in [5.74, 6) is 0.194. The number of hydrogen-bond donors (Lipinski definition) is 2. The third-order valence-electron chi connectivity index (χ3n) is 4.39. The Balaban J connectivity index is 2.17. The smallest absolute Gasteiger partial charge is 0.242 e. The van der Waals surface area contributed by atoms with Crippen LogP contribution in [0.4, 0.5) is 5.69 Å². The standard InChI is InChI=1S/C20H26N2O4S/c1-6-16-9-7-8-13(2)19(16)21-20(23)15(4)22-27(24,25)17-10-11-18(26-5)14(3)12-17/h7-12,15,22H,6H2,1-5H3,(H,21,23)/t15-/m0/s1. The molecule has 1 atom stereocenters. The predicted molar refractivity (Wildman–Crippen MR) is 107 cm³/mol. The van der Waals surface area contributed by atoms with Crippen LogP contribution in [0.1, 0.15) is 30.5 Å². The van der Waals surface area contributed by atoms with Crippen LogP contribution in [0.3, 0.4) is 0 Å². The van der Waals surface area contributed by atoms with Crippen molar-refractivity contribution in [2.24, 2.45) is 0 Å². The predicted octanol–water partition coefficient (Wildman–Crippen LogP) is 3.18. The number of aryl methyl sites for hydroxylation is 3. The summed E-state index contributed by atoms with van der Waals surface area (Å²) < 4.78 is 32.8. The van der Waals surface area contributed by atoms with Crippen LogP contribution in [0.15, 0.2) is 41.3 Å². The fraction of sp³-hybridized carbons (Fsp3) is 0.350. The summed E-state index contributed by atoms with van der Waals surface area (Å²) in [5.41, 5.74) is 3.37. The van der Waals surface area contributed by atoms with Crippen LogP contribution >= 0.6 is 0 Å². The third kappa shape index (κ3) is 4.87. The fourth-order valence-corrected chi connectivity index (χ4v) is 4.09. The topological polar surface area (TPSA) is 84.5 Å². The molecule has 0 unspecified atom stereocenters. The first-order valence-electron chi connectivity index (χ1n) is 8.76. The minimum absolute atomic E-state index is 0.0885. The number of anilines is 1. The van der Waals surface area contributed by atoms with E-state index in [0.29, 0.717) is 11.3 Å². The third-order valence-corrected chi connectivity index (χ3v) is 5.93. The van der Waals surface area contributed by atoms with Crippen LogP contribution in [0.2, 0.25) is 0 Å². The summed E-state index contributed by atoms with van der Waals surface area (Å²) in [6.45, 7) is 7.19. The molecule has 0 radical (unpaired) electrons. The molecule has 27 heavy (non-hydrogen) atoms. The van der Waals surface area contributed by atoms with Crippen LogP contribution < -0.4 is 14.8 Å². The Morgan fingerprint density at radius 3 is 2.44 bits per heavy atom. The van der Waals surface area contributed by atoms with Crippen molar-refractivity contribution in [2.75, 3.05) is 12.4 Å². The van der Waals surface area contributed by atoms with E-state index in [0.717, 1.165) is 23.2 Å². The average Bonchev–Trinajstić information content (AvgIpc) is 2.62. The highest BCUT2D eigenvalue weighted by Gasteiger charge is 2.23. The van der Waals surface area contributed by atoms with Gasteiger partial charge in [-0.15, -0.1) is 0 Å². The van der Waals surface area contributed by atoms with E-state index < -0.39 is 22.0 Å². The lowest BCUT2D eigenvalue weighted by Crippen LogP contribution is -2.41. The highest BCUT2D eigenvalue weighted by Crippen LogP contribution is 2.23. The molecule has 2 rings (SSSR count). The van der Waals surface area contributed by atoms with Crippen molar-refractivity contribution in [1.29, 1.82) is 0 Å². The fourth-order valence-electron chi connectivity index (χ4n) is 2.81. The van der Waals surface area contributed by atoms with E-state index in [1.54, 1.807) is 13.0 Å². The largest absolute Gasteiger partial charge is 0.496 e. The Hall–Kier alpha value is -2.38. The Morgan fingerprint density at radius 2 is 1.85 bits per heavy atom. The van der Waals surface area contributed by atoms with Gasteiger partial charge in [0, 0.05) is 5.69 Å². The summed E-state index contributed by atoms with van der Waals surface area (Å²) in [6, 6.07) is 9.41.